The van der Waals surface area contributed by atoms with Crippen LogP contribution < -0.4 is 14.8 Å². The van der Waals surface area contributed by atoms with E-state index in [1.807, 2.05) is 24.3 Å². The summed E-state index contributed by atoms with van der Waals surface area (Å²) in [6, 6.07) is 11.0. The lowest BCUT2D eigenvalue weighted by atomic mass is 9.68. The van der Waals surface area contributed by atoms with Crippen LogP contribution in [-0.2, 0) is 9.53 Å². The van der Waals surface area contributed by atoms with Gasteiger partial charge in [-0.15, -0.1) is 0 Å². The van der Waals surface area contributed by atoms with Crippen LogP contribution in [0.4, 0.5) is 5.69 Å². The van der Waals surface area contributed by atoms with Crippen LogP contribution in [0, 0.1) is 5.41 Å². The summed E-state index contributed by atoms with van der Waals surface area (Å²) >= 11 is 0. The number of allylic oxidation sites excluding steroid dienone is 2. The minimum Gasteiger partial charge on any atom is -0.497 e. The van der Waals surface area contributed by atoms with Crippen molar-refractivity contribution in [2.75, 3.05) is 26.6 Å². The van der Waals surface area contributed by atoms with Crippen LogP contribution in [0.15, 0.2) is 47.7 Å². The SMILES string of the molecule is COC(=O)c1ccc(C2C3=C(CC(C)(C)CC3=O)Nc3cc(OC)cc(OC)c32)cc1. The second-order valence-electron chi connectivity index (χ2n) is 8.80. The van der Waals surface area contributed by atoms with E-state index >= 15 is 0 Å². The fourth-order valence-corrected chi connectivity index (χ4v) is 4.64. The van der Waals surface area contributed by atoms with Gasteiger partial charge in [0.1, 0.15) is 11.5 Å². The summed E-state index contributed by atoms with van der Waals surface area (Å²) in [5, 5.41) is 3.50. The molecule has 2 aliphatic rings. The summed E-state index contributed by atoms with van der Waals surface area (Å²) in [6.45, 7) is 4.22. The Balaban J connectivity index is 1.93. The van der Waals surface area contributed by atoms with Gasteiger partial charge in [-0.25, -0.2) is 4.79 Å². The number of benzene rings is 2. The average molecular weight is 421 g/mol. The molecule has 0 amide bonds. The Morgan fingerprint density at radius 1 is 1.03 bits per heavy atom. The van der Waals surface area contributed by atoms with Gasteiger partial charge in [-0.2, -0.15) is 0 Å². The first-order valence-corrected chi connectivity index (χ1v) is 10.3. The molecule has 1 aliphatic heterocycles. The zero-order chi connectivity index (χ0) is 22.3. The number of ether oxygens (including phenoxy) is 3. The molecule has 2 aromatic carbocycles. The highest BCUT2D eigenvalue weighted by atomic mass is 16.5. The summed E-state index contributed by atoms with van der Waals surface area (Å²) in [6.07, 6.45) is 1.25. The van der Waals surface area contributed by atoms with Crippen LogP contribution in [-0.4, -0.2) is 33.1 Å². The molecule has 1 N–H and O–H groups in total. The molecule has 2 aromatic rings. The van der Waals surface area contributed by atoms with E-state index in [1.165, 1.54) is 7.11 Å². The van der Waals surface area contributed by atoms with E-state index in [9.17, 15) is 9.59 Å². The Kier molecular flexibility index (Phi) is 5.25. The van der Waals surface area contributed by atoms with Gasteiger partial charge in [0.25, 0.3) is 0 Å². The number of anilines is 1. The maximum absolute atomic E-state index is 13.3. The molecule has 1 aliphatic carbocycles. The molecule has 0 aromatic heterocycles. The van der Waals surface area contributed by atoms with Gasteiger partial charge < -0.3 is 19.5 Å². The molecular formula is C25H27NO5. The molecule has 1 atom stereocenters. The van der Waals surface area contributed by atoms with Gasteiger partial charge in [0.05, 0.1) is 26.9 Å². The predicted molar refractivity (Wildman–Crippen MR) is 118 cm³/mol. The van der Waals surface area contributed by atoms with Crippen LogP contribution in [0.3, 0.4) is 0 Å². The number of rotatable bonds is 4. The number of fused-ring (bicyclic) bond motifs is 1. The van der Waals surface area contributed by atoms with E-state index in [-0.39, 0.29) is 17.1 Å². The normalized spacial score (nSPS) is 19.1. The molecule has 0 bridgehead atoms. The maximum Gasteiger partial charge on any atom is 0.337 e. The quantitative estimate of drug-likeness (QED) is 0.722. The standard InChI is InChI=1S/C25H27NO5/c1-25(2)12-18-22(19(27)13-25)21(14-6-8-15(9-7-14)24(28)31-5)23-17(26-18)10-16(29-3)11-20(23)30-4/h6-11,21,26H,12-13H2,1-5H3. The number of carbonyl (C=O) groups excluding carboxylic acids is 2. The monoisotopic (exact) mass is 421 g/mol. The second-order valence-corrected chi connectivity index (χ2v) is 8.80. The number of hydrogen-bond donors (Lipinski definition) is 1. The van der Waals surface area contributed by atoms with Gasteiger partial charge >= 0.3 is 5.97 Å². The van der Waals surface area contributed by atoms with Crippen LogP contribution in [0.1, 0.15) is 54.1 Å². The molecule has 162 valence electrons. The number of Topliss-reactive ketones (excluding diaryl/α,β-unsaturated/α-hetero) is 1. The van der Waals surface area contributed by atoms with Gasteiger partial charge in [0, 0.05) is 47.0 Å². The lowest BCUT2D eigenvalue weighted by Gasteiger charge is -2.40. The van der Waals surface area contributed by atoms with Gasteiger partial charge in [-0.05, 0) is 29.5 Å². The third-order valence-corrected chi connectivity index (χ3v) is 6.02. The van der Waals surface area contributed by atoms with E-state index in [0.29, 0.717) is 23.5 Å². The van der Waals surface area contributed by atoms with E-state index in [0.717, 1.165) is 34.5 Å². The molecule has 6 heteroatoms. The number of hydrogen-bond acceptors (Lipinski definition) is 6. The first-order valence-electron chi connectivity index (χ1n) is 10.3. The molecule has 0 spiro atoms. The summed E-state index contributed by atoms with van der Waals surface area (Å²) in [5.41, 5.74) is 4.71. The Bertz CT molecular complexity index is 1080. The zero-order valence-corrected chi connectivity index (χ0v) is 18.5. The van der Waals surface area contributed by atoms with E-state index in [4.69, 9.17) is 14.2 Å². The van der Waals surface area contributed by atoms with E-state index in [2.05, 4.69) is 19.2 Å². The number of ketones is 1. The Hall–Kier alpha value is -3.28. The first kappa shape index (κ1) is 21.0. The van der Waals surface area contributed by atoms with Gasteiger partial charge in [-0.3, -0.25) is 4.79 Å². The lowest BCUT2D eigenvalue weighted by molar-refractivity contribution is -0.118. The van der Waals surface area contributed by atoms with Crippen LogP contribution in [0.25, 0.3) is 0 Å². The fourth-order valence-electron chi connectivity index (χ4n) is 4.64. The molecule has 1 unspecified atom stereocenters. The van der Waals surface area contributed by atoms with Crippen LogP contribution >= 0.6 is 0 Å². The summed E-state index contributed by atoms with van der Waals surface area (Å²) < 4.78 is 16.0. The second kappa shape index (κ2) is 7.76. The number of methoxy groups -OCH3 is 3. The summed E-state index contributed by atoms with van der Waals surface area (Å²) in [4.78, 5) is 25.2. The Morgan fingerprint density at radius 3 is 2.35 bits per heavy atom. The van der Waals surface area contributed by atoms with Crippen molar-refractivity contribution in [1.29, 1.82) is 0 Å². The first-order chi connectivity index (χ1) is 14.8. The average Bonchev–Trinajstić information content (AvgIpc) is 2.75. The molecule has 1 heterocycles. The van der Waals surface area contributed by atoms with Gasteiger partial charge in [0.2, 0.25) is 0 Å². The van der Waals surface area contributed by atoms with Gasteiger partial charge in [-0.1, -0.05) is 26.0 Å². The van der Waals surface area contributed by atoms with Crippen molar-refractivity contribution in [3.63, 3.8) is 0 Å². The molecule has 31 heavy (non-hydrogen) atoms. The molecule has 4 rings (SSSR count). The molecule has 0 fully saturated rings. The molecule has 0 radical (unpaired) electrons. The molecule has 6 nitrogen and oxygen atoms in total. The van der Waals surface area contributed by atoms with Crippen LogP contribution in [0.2, 0.25) is 0 Å². The van der Waals surface area contributed by atoms with Crippen LogP contribution in [0.5, 0.6) is 11.5 Å². The van der Waals surface area contributed by atoms with E-state index < -0.39 is 5.97 Å². The third kappa shape index (κ3) is 3.67. The number of nitrogens with one attached hydrogen (secondary N) is 1. The largest absolute Gasteiger partial charge is 0.497 e. The summed E-state index contributed by atoms with van der Waals surface area (Å²) in [5.74, 6) is 0.753. The summed E-state index contributed by atoms with van der Waals surface area (Å²) in [7, 11) is 4.59. The minimum atomic E-state index is -0.394. The number of carbonyl (C=O) groups is 2. The van der Waals surface area contributed by atoms with Crippen molar-refractivity contribution in [3.8, 4) is 11.5 Å². The maximum atomic E-state index is 13.3. The van der Waals surface area contributed by atoms with Crippen molar-refractivity contribution in [1.82, 2.24) is 0 Å². The Labute approximate surface area is 182 Å². The highest BCUT2D eigenvalue weighted by molar-refractivity contribution is 6.02. The highest BCUT2D eigenvalue weighted by Gasteiger charge is 2.42. The van der Waals surface area contributed by atoms with Crippen molar-refractivity contribution in [2.45, 2.75) is 32.6 Å². The number of esters is 1. The third-order valence-electron chi connectivity index (χ3n) is 6.02. The molecule has 0 saturated heterocycles. The van der Waals surface area contributed by atoms with Crippen molar-refractivity contribution in [2.24, 2.45) is 5.41 Å². The van der Waals surface area contributed by atoms with Gasteiger partial charge in [0.15, 0.2) is 5.78 Å². The smallest absolute Gasteiger partial charge is 0.337 e. The Morgan fingerprint density at radius 2 is 1.74 bits per heavy atom. The highest BCUT2D eigenvalue weighted by Crippen LogP contribution is 2.52. The fraction of sp³-hybridized carbons (Fsp3) is 0.360. The predicted octanol–water partition coefficient (Wildman–Crippen LogP) is 4.69. The molecular weight excluding hydrogens is 394 g/mol. The molecule has 0 saturated carbocycles. The zero-order valence-electron chi connectivity index (χ0n) is 18.5. The van der Waals surface area contributed by atoms with Crippen molar-refractivity contribution >= 4 is 17.4 Å². The lowest BCUT2D eigenvalue weighted by Crippen LogP contribution is -2.34. The van der Waals surface area contributed by atoms with Crippen molar-refractivity contribution < 1.29 is 23.8 Å². The topological polar surface area (TPSA) is 73.9 Å². The van der Waals surface area contributed by atoms with E-state index in [1.54, 1.807) is 26.4 Å². The minimum absolute atomic E-state index is 0.122. The van der Waals surface area contributed by atoms with Crippen molar-refractivity contribution in [3.05, 3.63) is 64.4 Å².